The number of benzene rings is 2. The molecule has 2 aliphatic rings. The Hall–Kier alpha value is -3.02. The average molecular weight is 408 g/mol. The molecule has 2 aromatic carbocycles. The van der Waals surface area contributed by atoms with E-state index in [2.05, 4.69) is 12.1 Å². The third-order valence-electron chi connectivity index (χ3n) is 6.11. The van der Waals surface area contributed by atoms with Crippen LogP contribution in [0.2, 0.25) is 0 Å². The summed E-state index contributed by atoms with van der Waals surface area (Å²) in [6.07, 6.45) is 1.90. The number of hydrogen-bond donors (Lipinski definition) is 0. The Bertz CT molecular complexity index is 928. The van der Waals surface area contributed by atoms with E-state index in [9.17, 15) is 9.59 Å². The van der Waals surface area contributed by atoms with E-state index < -0.39 is 0 Å². The van der Waals surface area contributed by atoms with Gasteiger partial charge in [0.15, 0.2) is 11.5 Å². The molecule has 158 valence electrons. The van der Waals surface area contributed by atoms with E-state index in [1.807, 2.05) is 40.1 Å². The first-order valence-electron chi connectivity index (χ1n) is 10.4. The largest absolute Gasteiger partial charge is 0.493 e. The van der Waals surface area contributed by atoms with Gasteiger partial charge in [-0.3, -0.25) is 9.59 Å². The van der Waals surface area contributed by atoms with Gasteiger partial charge < -0.3 is 19.3 Å². The van der Waals surface area contributed by atoms with Crippen LogP contribution in [-0.4, -0.2) is 55.5 Å². The number of fused-ring (bicyclic) bond motifs is 1. The Labute approximate surface area is 177 Å². The highest BCUT2D eigenvalue weighted by molar-refractivity contribution is 5.89. The first kappa shape index (κ1) is 20.3. The second-order valence-electron chi connectivity index (χ2n) is 7.96. The van der Waals surface area contributed by atoms with Gasteiger partial charge >= 0.3 is 0 Å². The van der Waals surface area contributed by atoms with Gasteiger partial charge in [0.05, 0.1) is 20.1 Å². The molecule has 0 aromatic heterocycles. The smallest absolute Gasteiger partial charge is 0.228 e. The quantitative estimate of drug-likeness (QED) is 0.737. The van der Waals surface area contributed by atoms with E-state index in [1.54, 1.807) is 14.2 Å². The molecule has 6 heteroatoms. The lowest BCUT2D eigenvalue weighted by Crippen LogP contribution is -2.40. The number of rotatable bonds is 6. The van der Waals surface area contributed by atoms with Crippen LogP contribution in [0.3, 0.4) is 0 Å². The van der Waals surface area contributed by atoms with Gasteiger partial charge in [-0.15, -0.1) is 0 Å². The first-order valence-corrected chi connectivity index (χ1v) is 10.4. The maximum absolute atomic E-state index is 13.1. The molecule has 6 nitrogen and oxygen atoms in total. The molecule has 0 saturated carbocycles. The zero-order valence-corrected chi connectivity index (χ0v) is 17.6. The van der Waals surface area contributed by atoms with E-state index >= 15 is 0 Å². The Kier molecular flexibility index (Phi) is 5.93. The van der Waals surface area contributed by atoms with Crippen LogP contribution in [0.15, 0.2) is 42.5 Å². The van der Waals surface area contributed by atoms with Gasteiger partial charge in [-0.2, -0.15) is 0 Å². The van der Waals surface area contributed by atoms with Crippen LogP contribution in [0.5, 0.6) is 11.5 Å². The zero-order valence-electron chi connectivity index (χ0n) is 17.6. The molecule has 0 aliphatic carbocycles. The second kappa shape index (κ2) is 8.78. The summed E-state index contributed by atoms with van der Waals surface area (Å²) in [4.78, 5) is 29.3. The molecule has 1 saturated heterocycles. The van der Waals surface area contributed by atoms with Crippen molar-refractivity contribution in [3.8, 4) is 11.5 Å². The van der Waals surface area contributed by atoms with Crippen molar-refractivity contribution < 1.29 is 19.1 Å². The van der Waals surface area contributed by atoms with Crippen molar-refractivity contribution in [2.24, 2.45) is 5.92 Å². The Balaban J connectivity index is 1.39. The van der Waals surface area contributed by atoms with Crippen molar-refractivity contribution in [2.45, 2.75) is 25.8 Å². The summed E-state index contributed by atoms with van der Waals surface area (Å²) >= 11 is 0. The molecule has 2 heterocycles. The number of carbonyl (C=O) groups is 2. The minimum atomic E-state index is -0.255. The zero-order chi connectivity index (χ0) is 21.1. The molecule has 1 atom stereocenters. The molecule has 1 unspecified atom stereocenters. The number of nitrogens with zero attached hydrogens (tertiary/aromatic N) is 2. The van der Waals surface area contributed by atoms with Crippen LogP contribution in [-0.2, 0) is 29.0 Å². The number of ether oxygens (including phenoxy) is 2. The van der Waals surface area contributed by atoms with Gasteiger partial charge in [0.25, 0.3) is 0 Å². The summed E-state index contributed by atoms with van der Waals surface area (Å²) in [7, 11) is 3.24. The first-order chi connectivity index (χ1) is 14.6. The van der Waals surface area contributed by atoms with Crippen LogP contribution >= 0.6 is 0 Å². The van der Waals surface area contributed by atoms with Crippen LogP contribution < -0.4 is 9.47 Å². The predicted octanol–water partition coefficient (Wildman–Crippen LogP) is 2.68. The third kappa shape index (κ3) is 4.13. The highest BCUT2D eigenvalue weighted by Crippen LogP contribution is 2.34. The molecule has 2 amide bonds. The van der Waals surface area contributed by atoms with Crippen LogP contribution in [0.1, 0.15) is 23.1 Å². The van der Waals surface area contributed by atoms with Crippen LogP contribution in [0, 0.1) is 5.92 Å². The van der Waals surface area contributed by atoms with E-state index in [0.29, 0.717) is 44.1 Å². The lowest BCUT2D eigenvalue weighted by atomic mass is 9.97. The van der Waals surface area contributed by atoms with Crippen molar-refractivity contribution >= 4 is 11.8 Å². The fourth-order valence-corrected chi connectivity index (χ4v) is 4.39. The van der Waals surface area contributed by atoms with Crippen molar-refractivity contribution in [3.63, 3.8) is 0 Å². The summed E-state index contributed by atoms with van der Waals surface area (Å²) < 4.78 is 10.8. The molecule has 1 fully saturated rings. The molecular weight excluding hydrogens is 380 g/mol. The molecule has 30 heavy (non-hydrogen) atoms. The number of amides is 2. The fraction of sp³-hybridized carbons (Fsp3) is 0.417. The van der Waals surface area contributed by atoms with E-state index in [4.69, 9.17) is 9.47 Å². The lowest BCUT2D eigenvalue weighted by molar-refractivity contribution is -0.136. The SMILES string of the molecule is COc1cc2c(cc1OC)CN(C(=O)C1CC(=O)N(CCc3ccccc3)C1)CC2. The molecule has 0 bridgehead atoms. The minimum absolute atomic E-state index is 0.0750. The minimum Gasteiger partial charge on any atom is -0.493 e. The van der Waals surface area contributed by atoms with E-state index in [0.717, 1.165) is 18.4 Å². The van der Waals surface area contributed by atoms with Crippen molar-refractivity contribution in [2.75, 3.05) is 33.9 Å². The van der Waals surface area contributed by atoms with Crippen LogP contribution in [0.25, 0.3) is 0 Å². The predicted molar refractivity (Wildman–Crippen MR) is 114 cm³/mol. The Morgan fingerprint density at radius 3 is 2.47 bits per heavy atom. The third-order valence-corrected chi connectivity index (χ3v) is 6.11. The number of hydrogen-bond acceptors (Lipinski definition) is 4. The molecule has 2 aromatic rings. The van der Waals surface area contributed by atoms with Crippen molar-refractivity contribution in [1.82, 2.24) is 9.80 Å². The second-order valence-corrected chi connectivity index (χ2v) is 7.96. The number of carbonyl (C=O) groups excluding carboxylic acids is 2. The van der Waals surface area contributed by atoms with Gasteiger partial charge in [-0.05, 0) is 41.7 Å². The number of likely N-dealkylation sites (tertiary alicyclic amines) is 1. The van der Waals surface area contributed by atoms with Gasteiger partial charge in [0, 0.05) is 32.6 Å². The summed E-state index contributed by atoms with van der Waals surface area (Å²) in [5.41, 5.74) is 3.47. The van der Waals surface area contributed by atoms with Gasteiger partial charge in [-0.25, -0.2) is 0 Å². The van der Waals surface area contributed by atoms with E-state index in [1.165, 1.54) is 11.1 Å². The summed E-state index contributed by atoms with van der Waals surface area (Å²) in [5.74, 6) is 1.29. The molecular formula is C24H28N2O4. The summed E-state index contributed by atoms with van der Waals surface area (Å²) in [5, 5.41) is 0. The summed E-state index contributed by atoms with van der Waals surface area (Å²) in [6.45, 7) is 2.38. The molecule has 0 spiro atoms. The average Bonchev–Trinajstić information content (AvgIpc) is 3.16. The van der Waals surface area contributed by atoms with Crippen LogP contribution in [0.4, 0.5) is 0 Å². The maximum atomic E-state index is 13.1. The van der Waals surface area contributed by atoms with Gasteiger partial charge in [0.2, 0.25) is 11.8 Å². The molecule has 0 radical (unpaired) electrons. The number of methoxy groups -OCH3 is 2. The lowest BCUT2D eigenvalue weighted by Gasteiger charge is -2.31. The maximum Gasteiger partial charge on any atom is 0.228 e. The summed E-state index contributed by atoms with van der Waals surface area (Å²) in [6, 6.07) is 14.1. The Morgan fingerprint density at radius 1 is 1.07 bits per heavy atom. The topological polar surface area (TPSA) is 59.1 Å². The standard InChI is InChI=1S/C24H28N2O4/c1-29-21-12-18-9-11-26(15-19(18)13-22(21)30-2)24(28)20-14-23(27)25(16-20)10-8-17-6-4-3-5-7-17/h3-7,12-13,20H,8-11,14-16H2,1-2H3. The molecule has 2 aliphatic heterocycles. The highest BCUT2D eigenvalue weighted by atomic mass is 16.5. The monoisotopic (exact) mass is 408 g/mol. The normalized spacial score (nSPS) is 18.3. The van der Waals surface area contributed by atoms with E-state index in [-0.39, 0.29) is 17.7 Å². The van der Waals surface area contributed by atoms with Gasteiger partial charge in [0.1, 0.15) is 0 Å². The Morgan fingerprint density at radius 2 is 1.77 bits per heavy atom. The van der Waals surface area contributed by atoms with Crippen molar-refractivity contribution in [1.29, 1.82) is 0 Å². The molecule has 0 N–H and O–H groups in total. The highest BCUT2D eigenvalue weighted by Gasteiger charge is 2.37. The fourth-order valence-electron chi connectivity index (χ4n) is 4.39. The van der Waals surface area contributed by atoms with Gasteiger partial charge in [-0.1, -0.05) is 30.3 Å². The van der Waals surface area contributed by atoms with Crippen molar-refractivity contribution in [3.05, 3.63) is 59.2 Å². The molecule has 4 rings (SSSR count).